The van der Waals surface area contributed by atoms with Gasteiger partial charge in [-0.05, 0) is 43.4 Å². The Balaban J connectivity index is 1.89. The summed E-state index contributed by atoms with van der Waals surface area (Å²) < 4.78 is 5.33. The number of hydrogen-bond acceptors (Lipinski definition) is 3. The van der Waals surface area contributed by atoms with Crippen LogP contribution in [0.1, 0.15) is 24.8 Å². The van der Waals surface area contributed by atoms with E-state index in [-0.39, 0.29) is 0 Å². The van der Waals surface area contributed by atoms with E-state index in [2.05, 4.69) is 5.32 Å². The van der Waals surface area contributed by atoms with Crippen molar-refractivity contribution in [3.63, 3.8) is 0 Å². The van der Waals surface area contributed by atoms with Crippen molar-refractivity contribution < 1.29 is 9.84 Å². The van der Waals surface area contributed by atoms with Gasteiger partial charge in [0.15, 0.2) is 0 Å². The number of benzene rings is 1. The van der Waals surface area contributed by atoms with E-state index in [1.54, 1.807) is 7.11 Å². The molecule has 19 heavy (non-hydrogen) atoms. The molecule has 0 aromatic heterocycles. The number of halogens is 1. The molecule has 1 aromatic rings. The monoisotopic (exact) mass is 283 g/mol. The predicted molar refractivity (Wildman–Crippen MR) is 77.6 cm³/mol. The van der Waals surface area contributed by atoms with Gasteiger partial charge in [-0.15, -0.1) is 0 Å². The van der Waals surface area contributed by atoms with Crippen LogP contribution in [-0.4, -0.2) is 25.4 Å². The lowest BCUT2D eigenvalue weighted by molar-refractivity contribution is 0.192. The van der Waals surface area contributed by atoms with Crippen molar-refractivity contribution in [3.8, 4) is 5.75 Å². The second-order valence-electron chi connectivity index (χ2n) is 5.19. The number of aliphatic hydroxyl groups is 1. The molecule has 0 bridgehead atoms. The smallest absolute Gasteiger partial charge is 0.124 e. The van der Waals surface area contributed by atoms with Crippen LogP contribution < -0.4 is 10.1 Å². The van der Waals surface area contributed by atoms with Gasteiger partial charge in [-0.3, -0.25) is 0 Å². The van der Waals surface area contributed by atoms with E-state index < -0.39 is 0 Å². The van der Waals surface area contributed by atoms with Crippen LogP contribution in [0.3, 0.4) is 0 Å². The van der Waals surface area contributed by atoms with E-state index in [1.807, 2.05) is 18.2 Å². The van der Waals surface area contributed by atoms with Crippen LogP contribution in [0.4, 0.5) is 0 Å². The molecule has 3 nitrogen and oxygen atoms in total. The Kier molecular flexibility index (Phi) is 5.49. The third-order valence-electron chi connectivity index (χ3n) is 4.06. The molecule has 1 aromatic carbocycles. The lowest BCUT2D eigenvalue weighted by atomic mass is 9.97. The van der Waals surface area contributed by atoms with Gasteiger partial charge in [-0.25, -0.2) is 0 Å². The molecule has 1 fully saturated rings. The molecule has 1 saturated carbocycles. The van der Waals surface area contributed by atoms with Crippen LogP contribution in [0.25, 0.3) is 0 Å². The van der Waals surface area contributed by atoms with Gasteiger partial charge in [0.25, 0.3) is 0 Å². The molecule has 4 heteroatoms. The minimum absolute atomic E-state index is 0.307. The van der Waals surface area contributed by atoms with Crippen molar-refractivity contribution in [2.24, 2.45) is 11.8 Å². The molecule has 0 saturated heterocycles. The zero-order valence-electron chi connectivity index (χ0n) is 11.4. The summed E-state index contributed by atoms with van der Waals surface area (Å²) in [6.07, 6.45) is 3.59. The fourth-order valence-corrected chi connectivity index (χ4v) is 3.14. The fourth-order valence-electron chi connectivity index (χ4n) is 2.91. The molecule has 2 rings (SSSR count). The van der Waals surface area contributed by atoms with E-state index in [0.29, 0.717) is 25.0 Å². The Hall–Kier alpha value is -0.770. The minimum atomic E-state index is 0.307. The van der Waals surface area contributed by atoms with Crippen molar-refractivity contribution in [2.75, 3.05) is 20.3 Å². The van der Waals surface area contributed by atoms with Gasteiger partial charge < -0.3 is 15.2 Å². The van der Waals surface area contributed by atoms with E-state index >= 15 is 0 Å². The average Bonchev–Trinajstić information content (AvgIpc) is 2.88. The van der Waals surface area contributed by atoms with Crippen molar-refractivity contribution in [1.82, 2.24) is 5.32 Å². The average molecular weight is 284 g/mol. The van der Waals surface area contributed by atoms with E-state index in [0.717, 1.165) is 29.3 Å². The fraction of sp³-hybridized carbons (Fsp3) is 0.600. The SMILES string of the molecule is COc1cccc(Cl)c1CNCC1CCCC1CO. The number of aliphatic hydroxyl groups excluding tert-OH is 1. The number of rotatable bonds is 6. The van der Waals surface area contributed by atoms with Crippen molar-refractivity contribution in [3.05, 3.63) is 28.8 Å². The van der Waals surface area contributed by atoms with Gasteiger partial charge in [0.1, 0.15) is 5.75 Å². The lowest BCUT2D eigenvalue weighted by Gasteiger charge is -2.18. The Morgan fingerprint density at radius 2 is 2.16 bits per heavy atom. The van der Waals surface area contributed by atoms with E-state index in [4.69, 9.17) is 16.3 Å². The molecular formula is C15H22ClNO2. The summed E-state index contributed by atoms with van der Waals surface area (Å²) in [5, 5.41) is 13.5. The highest BCUT2D eigenvalue weighted by molar-refractivity contribution is 6.31. The van der Waals surface area contributed by atoms with E-state index in [9.17, 15) is 5.11 Å². The summed E-state index contributed by atoms with van der Waals surface area (Å²) in [4.78, 5) is 0. The van der Waals surface area contributed by atoms with Crippen LogP contribution in [0, 0.1) is 11.8 Å². The summed E-state index contributed by atoms with van der Waals surface area (Å²) in [7, 11) is 1.66. The van der Waals surface area contributed by atoms with Gasteiger partial charge >= 0.3 is 0 Å². The van der Waals surface area contributed by atoms with Crippen LogP contribution in [-0.2, 0) is 6.54 Å². The molecule has 2 atom stereocenters. The summed E-state index contributed by atoms with van der Waals surface area (Å²) in [5.41, 5.74) is 1.00. The predicted octanol–water partition coefficient (Wildman–Crippen LogP) is 2.85. The Morgan fingerprint density at radius 3 is 2.89 bits per heavy atom. The number of ether oxygens (including phenoxy) is 1. The highest BCUT2D eigenvalue weighted by atomic mass is 35.5. The number of nitrogens with one attached hydrogen (secondary N) is 1. The largest absolute Gasteiger partial charge is 0.496 e. The molecule has 0 amide bonds. The topological polar surface area (TPSA) is 41.5 Å². The molecule has 0 aliphatic heterocycles. The molecule has 0 heterocycles. The maximum atomic E-state index is 9.31. The lowest BCUT2D eigenvalue weighted by Crippen LogP contribution is -2.26. The van der Waals surface area contributed by atoms with Crippen molar-refractivity contribution in [2.45, 2.75) is 25.8 Å². The third kappa shape index (κ3) is 3.62. The first-order valence-electron chi connectivity index (χ1n) is 6.89. The quantitative estimate of drug-likeness (QED) is 0.843. The summed E-state index contributed by atoms with van der Waals surface area (Å²) in [6.45, 7) is 1.94. The highest BCUT2D eigenvalue weighted by Crippen LogP contribution is 2.31. The normalized spacial score (nSPS) is 22.7. The van der Waals surface area contributed by atoms with Gasteiger partial charge in [-0.2, -0.15) is 0 Å². The van der Waals surface area contributed by atoms with E-state index in [1.165, 1.54) is 12.8 Å². The van der Waals surface area contributed by atoms with Gasteiger partial charge in [0, 0.05) is 23.7 Å². The molecule has 0 spiro atoms. The first-order valence-corrected chi connectivity index (χ1v) is 7.27. The van der Waals surface area contributed by atoms with Gasteiger partial charge in [-0.1, -0.05) is 24.1 Å². The second kappa shape index (κ2) is 7.13. The molecular weight excluding hydrogens is 262 g/mol. The molecule has 0 radical (unpaired) electrons. The molecule has 2 unspecified atom stereocenters. The first-order chi connectivity index (χ1) is 9.26. The van der Waals surface area contributed by atoms with Crippen molar-refractivity contribution >= 4 is 11.6 Å². The number of methoxy groups -OCH3 is 1. The maximum Gasteiger partial charge on any atom is 0.124 e. The third-order valence-corrected chi connectivity index (χ3v) is 4.41. The minimum Gasteiger partial charge on any atom is -0.496 e. The standard InChI is InChI=1S/C15H22ClNO2/c1-19-15-7-3-6-14(16)13(15)9-17-8-11-4-2-5-12(11)10-18/h3,6-7,11-12,17-18H,2,4-5,8-10H2,1H3. The maximum absolute atomic E-state index is 9.31. The second-order valence-corrected chi connectivity index (χ2v) is 5.59. The van der Waals surface area contributed by atoms with Crippen LogP contribution >= 0.6 is 11.6 Å². The van der Waals surface area contributed by atoms with Crippen molar-refractivity contribution in [1.29, 1.82) is 0 Å². The Labute approximate surface area is 119 Å². The van der Waals surface area contributed by atoms with Crippen LogP contribution in [0.15, 0.2) is 18.2 Å². The molecule has 106 valence electrons. The summed E-state index contributed by atoms with van der Waals surface area (Å²) >= 11 is 6.20. The van der Waals surface area contributed by atoms with Crippen LogP contribution in [0.2, 0.25) is 5.02 Å². The first kappa shape index (κ1) is 14.6. The van der Waals surface area contributed by atoms with Gasteiger partial charge in [0.05, 0.1) is 7.11 Å². The molecule has 1 aliphatic rings. The highest BCUT2D eigenvalue weighted by Gasteiger charge is 2.26. The molecule has 1 aliphatic carbocycles. The molecule has 2 N–H and O–H groups in total. The van der Waals surface area contributed by atoms with Crippen LogP contribution in [0.5, 0.6) is 5.75 Å². The number of hydrogen-bond donors (Lipinski definition) is 2. The Bertz CT molecular complexity index is 411. The summed E-state index contributed by atoms with van der Waals surface area (Å²) in [6, 6.07) is 5.70. The zero-order chi connectivity index (χ0) is 13.7. The summed E-state index contributed by atoms with van der Waals surface area (Å²) in [5.74, 6) is 1.87. The Morgan fingerprint density at radius 1 is 1.37 bits per heavy atom. The van der Waals surface area contributed by atoms with Gasteiger partial charge in [0.2, 0.25) is 0 Å². The zero-order valence-corrected chi connectivity index (χ0v) is 12.1.